The quantitative estimate of drug-likeness (QED) is 0.0848. The normalized spacial score (nSPS) is 19.7. The van der Waals surface area contributed by atoms with Gasteiger partial charge in [-0.15, -0.1) is 0 Å². The number of halogens is 3. The van der Waals surface area contributed by atoms with Gasteiger partial charge in [-0.1, -0.05) is 84.0 Å². The van der Waals surface area contributed by atoms with Gasteiger partial charge in [0.05, 0.1) is 23.9 Å². The van der Waals surface area contributed by atoms with Gasteiger partial charge in [-0.05, 0) is 48.6 Å². The molecule has 9 nitrogen and oxygen atoms in total. The fraction of sp³-hybridized carbons (Fsp3) is 0.333. The zero-order valence-electron chi connectivity index (χ0n) is 22.8. The van der Waals surface area contributed by atoms with Crippen molar-refractivity contribution in [2.45, 2.75) is 63.6 Å². The first-order chi connectivity index (χ1) is 20.2. The Kier molecular flexibility index (Phi) is 10.4. The lowest BCUT2D eigenvalue weighted by atomic mass is 9.98. The highest BCUT2D eigenvalue weighted by atomic mass is 19.4. The second-order valence-electron chi connectivity index (χ2n) is 9.65. The maximum absolute atomic E-state index is 13.9. The Labute approximate surface area is 241 Å². The smallest absolute Gasteiger partial charge is 0.445 e. The minimum absolute atomic E-state index is 0.0288. The molecule has 3 aromatic carbocycles. The average molecular weight is 582 g/mol. The first kappa shape index (κ1) is 30.4. The van der Waals surface area contributed by atoms with Crippen LogP contribution in [0.15, 0.2) is 101 Å². The van der Waals surface area contributed by atoms with E-state index >= 15 is 0 Å². The van der Waals surface area contributed by atoms with Gasteiger partial charge in [0.2, 0.25) is 6.29 Å². The molecule has 0 radical (unpaired) electrons. The number of nitrogens with zero attached hydrogens (tertiary/aromatic N) is 5. The molecule has 42 heavy (non-hydrogen) atoms. The second-order valence-corrected chi connectivity index (χ2v) is 9.65. The lowest BCUT2D eigenvalue weighted by Gasteiger charge is -2.40. The molecule has 4 rings (SSSR count). The summed E-state index contributed by atoms with van der Waals surface area (Å²) < 4.78 is 58.7. The third kappa shape index (κ3) is 8.48. The summed E-state index contributed by atoms with van der Waals surface area (Å²) >= 11 is 0. The van der Waals surface area contributed by atoms with E-state index < -0.39 is 42.6 Å². The minimum Gasteiger partial charge on any atom is -0.445 e. The molecule has 1 saturated heterocycles. The van der Waals surface area contributed by atoms with Crippen LogP contribution in [-0.2, 0) is 27.4 Å². The summed E-state index contributed by atoms with van der Waals surface area (Å²) in [7, 11) is 0. The van der Waals surface area contributed by atoms with Gasteiger partial charge in [-0.25, -0.2) is 9.79 Å². The van der Waals surface area contributed by atoms with E-state index in [-0.39, 0.29) is 25.3 Å². The molecule has 4 atom stereocenters. The lowest BCUT2D eigenvalue weighted by Crippen LogP contribution is -2.52. The first-order valence-electron chi connectivity index (χ1n) is 13.3. The van der Waals surface area contributed by atoms with Crippen molar-refractivity contribution < 1.29 is 32.2 Å². The summed E-state index contributed by atoms with van der Waals surface area (Å²) in [5, 5.41) is 3.61. The molecule has 0 unspecified atom stereocenters. The number of para-hydroxylation sites is 1. The topological polar surface area (TPSA) is 109 Å². The van der Waals surface area contributed by atoms with Crippen LogP contribution >= 0.6 is 0 Å². The van der Waals surface area contributed by atoms with E-state index in [4.69, 9.17) is 19.7 Å². The van der Waals surface area contributed by atoms with Crippen LogP contribution in [0.3, 0.4) is 0 Å². The molecule has 0 N–H and O–H groups in total. The van der Waals surface area contributed by atoms with Crippen LogP contribution in [-0.4, -0.2) is 47.5 Å². The number of benzene rings is 3. The van der Waals surface area contributed by atoms with E-state index in [1.807, 2.05) is 60.7 Å². The molecule has 12 heteroatoms. The molecular formula is C30H30F3N5O4. The number of azide groups is 1. The molecule has 1 heterocycles. The van der Waals surface area contributed by atoms with Crippen LogP contribution in [0.25, 0.3) is 10.4 Å². The van der Waals surface area contributed by atoms with Gasteiger partial charge in [-0.2, -0.15) is 13.2 Å². The summed E-state index contributed by atoms with van der Waals surface area (Å²) in [6, 6.07) is 24.2. The Morgan fingerprint density at radius 2 is 1.60 bits per heavy atom. The van der Waals surface area contributed by atoms with Gasteiger partial charge >= 0.3 is 12.3 Å². The van der Waals surface area contributed by atoms with Crippen molar-refractivity contribution in [3.63, 3.8) is 0 Å². The molecular weight excluding hydrogens is 551 g/mol. The van der Waals surface area contributed by atoms with Crippen LogP contribution in [0.4, 0.5) is 23.7 Å². The summed E-state index contributed by atoms with van der Waals surface area (Å²) in [6.45, 7) is 1.94. The van der Waals surface area contributed by atoms with Crippen LogP contribution in [0.1, 0.15) is 30.9 Å². The van der Waals surface area contributed by atoms with Gasteiger partial charge in [0.1, 0.15) is 6.61 Å². The highest BCUT2D eigenvalue weighted by molar-refractivity contribution is 5.84. The maximum Gasteiger partial charge on any atom is 0.468 e. The number of aliphatic imine (C=N–C) groups is 1. The largest absolute Gasteiger partial charge is 0.468 e. The van der Waals surface area contributed by atoms with Crippen molar-refractivity contribution in [1.29, 1.82) is 0 Å². The van der Waals surface area contributed by atoms with Crippen LogP contribution in [0.2, 0.25) is 0 Å². The number of hydrogen-bond donors (Lipinski definition) is 0. The Morgan fingerprint density at radius 3 is 2.19 bits per heavy atom. The van der Waals surface area contributed by atoms with E-state index in [1.54, 1.807) is 25.1 Å². The Bertz CT molecular complexity index is 1370. The Hall–Kier alpha value is -4.54. The molecule has 1 aliphatic rings. The van der Waals surface area contributed by atoms with Crippen LogP contribution in [0, 0.1) is 0 Å². The van der Waals surface area contributed by atoms with Gasteiger partial charge in [0, 0.05) is 11.5 Å². The number of ether oxygens (including phenoxy) is 3. The summed E-state index contributed by atoms with van der Waals surface area (Å²) in [4.78, 5) is 21.2. The van der Waals surface area contributed by atoms with E-state index in [9.17, 15) is 18.0 Å². The fourth-order valence-electron chi connectivity index (χ4n) is 4.49. The molecule has 0 spiro atoms. The van der Waals surface area contributed by atoms with Gasteiger partial charge in [0.15, 0.2) is 0 Å². The van der Waals surface area contributed by atoms with Crippen molar-refractivity contribution >= 4 is 17.7 Å². The van der Waals surface area contributed by atoms with Gasteiger partial charge in [0.25, 0.3) is 5.90 Å². The third-order valence-electron chi connectivity index (χ3n) is 6.69. The van der Waals surface area contributed by atoms with Crippen LogP contribution in [0.5, 0.6) is 0 Å². The van der Waals surface area contributed by atoms with Crippen molar-refractivity contribution in [1.82, 2.24) is 4.90 Å². The number of amides is 1. The second kappa shape index (κ2) is 14.4. The summed E-state index contributed by atoms with van der Waals surface area (Å²) in [5.74, 6) is -1.53. The highest BCUT2D eigenvalue weighted by Gasteiger charge is 2.44. The number of hydrogen-bond acceptors (Lipinski definition) is 6. The zero-order chi connectivity index (χ0) is 30.0. The minimum atomic E-state index is -4.95. The molecule has 3 aromatic rings. The number of carbonyl (C=O) groups is 1. The molecule has 0 saturated carbocycles. The SMILES string of the molecule is C[C@H]([C@@H]1CC[C@@H](N=[N+]=[N-])[C@@H](O/C(=N/c2ccccc2)C(F)(F)F)O1)N(Cc1ccccc1)C(=O)OCc1ccccc1. The van der Waals surface area contributed by atoms with E-state index in [0.29, 0.717) is 6.42 Å². The molecule has 0 aliphatic carbocycles. The van der Waals surface area contributed by atoms with Crippen molar-refractivity contribution in [3.8, 4) is 0 Å². The molecule has 1 amide bonds. The molecule has 1 aliphatic heterocycles. The maximum atomic E-state index is 13.9. The monoisotopic (exact) mass is 581 g/mol. The van der Waals surface area contributed by atoms with Crippen molar-refractivity contribution in [2.24, 2.45) is 10.1 Å². The summed E-state index contributed by atoms with van der Waals surface area (Å²) in [6.07, 6.45) is -7.46. The van der Waals surface area contributed by atoms with Crippen molar-refractivity contribution in [2.75, 3.05) is 0 Å². The summed E-state index contributed by atoms with van der Waals surface area (Å²) in [5.41, 5.74) is 10.7. The van der Waals surface area contributed by atoms with Crippen LogP contribution < -0.4 is 0 Å². The predicted octanol–water partition coefficient (Wildman–Crippen LogP) is 7.71. The predicted molar refractivity (Wildman–Crippen MR) is 150 cm³/mol. The van der Waals surface area contributed by atoms with E-state index in [1.165, 1.54) is 17.0 Å². The standard InChI is InChI=1S/C30H30F3N5O4/c1-21(38(19-22-11-5-2-6-12-22)29(39)40-20-23-13-7-3-8-14-23)26-18-17-25(36-37-34)27(41-26)42-28(30(31,32)33)35-24-15-9-4-10-16-24/h2-16,21,25-27H,17-20H2,1H3/b35-28+/t21-,25-,26+,27-/m1/s1. The molecule has 1 fully saturated rings. The number of carbonyl (C=O) groups excluding carboxylic acids is 1. The Balaban J connectivity index is 1.56. The van der Waals surface area contributed by atoms with Gasteiger partial charge in [-0.3, -0.25) is 4.90 Å². The van der Waals surface area contributed by atoms with Gasteiger partial charge < -0.3 is 14.2 Å². The zero-order valence-corrected chi connectivity index (χ0v) is 22.8. The molecule has 220 valence electrons. The molecule has 0 bridgehead atoms. The van der Waals surface area contributed by atoms with E-state index in [2.05, 4.69) is 15.0 Å². The highest BCUT2D eigenvalue weighted by Crippen LogP contribution is 2.31. The lowest BCUT2D eigenvalue weighted by molar-refractivity contribution is -0.193. The first-order valence-corrected chi connectivity index (χ1v) is 13.3. The number of rotatable bonds is 9. The third-order valence-corrected chi connectivity index (χ3v) is 6.69. The number of alkyl halides is 3. The molecule has 0 aromatic heterocycles. The average Bonchev–Trinajstić information content (AvgIpc) is 3.00. The van der Waals surface area contributed by atoms with Crippen molar-refractivity contribution in [3.05, 3.63) is 113 Å². The Morgan fingerprint density at radius 1 is 1.00 bits per heavy atom. The van der Waals surface area contributed by atoms with E-state index in [0.717, 1.165) is 11.1 Å². The fourth-order valence-corrected chi connectivity index (χ4v) is 4.49.